The number of nitrogens with one attached hydrogen (secondary N) is 1. The fourth-order valence-corrected chi connectivity index (χ4v) is 3.90. The van der Waals surface area contributed by atoms with Gasteiger partial charge < -0.3 is 11.1 Å². The molecule has 6 nitrogen and oxygen atoms in total. The first-order chi connectivity index (χ1) is 9.71. The minimum absolute atomic E-state index is 0. The average molecular weight is 356 g/mol. The number of carbonyl (C=O) groups excluding carboxylic acids is 1. The fraction of sp³-hybridized carbons (Fsp3) is 0.929. The summed E-state index contributed by atoms with van der Waals surface area (Å²) < 4.78 is 25.6. The smallest absolute Gasteiger partial charge is 0.220 e. The Morgan fingerprint density at radius 2 is 1.86 bits per heavy atom. The van der Waals surface area contributed by atoms with Crippen molar-refractivity contribution in [3.05, 3.63) is 0 Å². The summed E-state index contributed by atoms with van der Waals surface area (Å²) in [6, 6.07) is 0. The Balaban J connectivity index is 0.00000441. The van der Waals surface area contributed by atoms with Gasteiger partial charge in [-0.05, 0) is 32.1 Å². The van der Waals surface area contributed by atoms with Crippen LogP contribution < -0.4 is 11.1 Å². The highest BCUT2D eigenvalue weighted by Crippen LogP contribution is 2.16. The molecule has 1 unspecified atom stereocenters. The third-order valence-corrected chi connectivity index (χ3v) is 6.34. The molecule has 0 bridgehead atoms. The Morgan fingerprint density at radius 1 is 1.32 bits per heavy atom. The lowest BCUT2D eigenvalue weighted by molar-refractivity contribution is -0.123. The molecule has 1 aliphatic rings. The number of hydrogen-bond acceptors (Lipinski definition) is 4. The summed E-state index contributed by atoms with van der Waals surface area (Å²) in [6.45, 7) is 7.52. The van der Waals surface area contributed by atoms with E-state index in [9.17, 15) is 13.2 Å². The Bertz CT molecular complexity index is 450. The Labute approximate surface area is 140 Å². The van der Waals surface area contributed by atoms with Gasteiger partial charge in [-0.2, -0.15) is 0 Å². The fourth-order valence-electron chi connectivity index (χ4n) is 2.32. The number of nitrogens with zero attached hydrogens (tertiary/aromatic N) is 1. The molecule has 0 aromatic heterocycles. The summed E-state index contributed by atoms with van der Waals surface area (Å²) in [5.41, 5.74) is 5.28. The maximum atomic E-state index is 12.0. The molecule has 0 radical (unpaired) electrons. The van der Waals surface area contributed by atoms with Crippen LogP contribution in [0.4, 0.5) is 0 Å². The van der Waals surface area contributed by atoms with E-state index in [2.05, 4.69) is 5.32 Å². The van der Waals surface area contributed by atoms with E-state index in [1.165, 1.54) is 4.31 Å². The van der Waals surface area contributed by atoms with Gasteiger partial charge in [0.15, 0.2) is 0 Å². The number of carbonyl (C=O) groups is 1. The van der Waals surface area contributed by atoms with E-state index in [1.54, 1.807) is 0 Å². The number of halogens is 1. The Morgan fingerprint density at radius 3 is 2.32 bits per heavy atom. The van der Waals surface area contributed by atoms with Crippen molar-refractivity contribution < 1.29 is 13.2 Å². The van der Waals surface area contributed by atoms with E-state index in [1.807, 2.05) is 20.8 Å². The first-order valence-corrected chi connectivity index (χ1v) is 9.31. The van der Waals surface area contributed by atoms with Gasteiger partial charge in [-0.25, -0.2) is 12.7 Å². The monoisotopic (exact) mass is 355 g/mol. The summed E-state index contributed by atoms with van der Waals surface area (Å²) in [6.07, 6.45) is 2.44. The molecule has 0 aromatic carbocycles. The van der Waals surface area contributed by atoms with Crippen LogP contribution in [0.2, 0.25) is 0 Å². The minimum Gasteiger partial charge on any atom is -0.349 e. The summed E-state index contributed by atoms with van der Waals surface area (Å²) in [5.74, 6) is 0.134. The topological polar surface area (TPSA) is 92.5 Å². The highest BCUT2D eigenvalue weighted by Gasteiger charge is 2.29. The van der Waals surface area contributed by atoms with Gasteiger partial charge in [0.25, 0.3) is 0 Å². The van der Waals surface area contributed by atoms with E-state index < -0.39 is 15.6 Å². The number of nitrogens with two attached hydrogens (primary N) is 1. The van der Waals surface area contributed by atoms with Gasteiger partial charge in [0.2, 0.25) is 15.9 Å². The molecule has 1 amide bonds. The highest BCUT2D eigenvalue weighted by atomic mass is 35.5. The first kappa shape index (κ1) is 21.6. The standard InChI is InChI=1S/C14H29N3O3S.ClH/c1-12(2)14(3,11-15)16-13(18)7-6-10-21(19,20)17-8-4-5-9-17;/h12H,4-11,15H2,1-3H3,(H,16,18);1H. The maximum absolute atomic E-state index is 12.0. The molecule has 1 rings (SSSR count). The quantitative estimate of drug-likeness (QED) is 0.682. The lowest BCUT2D eigenvalue weighted by atomic mass is 9.88. The molecule has 1 fully saturated rings. The Hall–Kier alpha value is -0.370. The Kier molecular flexibility index (Phi) is 8.90. The van der Waals surface area contributed by atoms with E-state index in [4.69, 9.17) is 5.73 Å². The van der Waals surface area contributed by atoms with Crippen molar-refractivity contribution in [2.75, 3.05) is 25.4 Å². The molecule has 8 heteroatoms. The van der Waals surface area contributed by atoms with Crippen LogP contribution in [0, 0.1) is 5.92 Å². The second-order valence-electron chi connectivity index (χ2n) is 6.35. The molecule has 1 atom stereocenters. The van der Waals surface area contributed by atoms with Crippen molar-refractivity contribution in [3.8, 4) is 0 Å². The number of amides is 1. The normalized spacial score (nSPS) is 18.8. The third-order valence-electron chi connectivity index (χ3n) is 4.39. The second kappa shape index (κ2) is 9.05. The molecule has 0 spiro atoms. The van der Waals surface area contributed by atoms with Crippen molar-refractivity contribution in [1.82, 2.24) is 9.62 Å². The average Bonchev–Trinajstić information content (AvgIpc) is 2.92. The SMILES string of the molecule is CC(C)C(C)(CN)NC(=O)CCCS(=O)(=O)N1CCCC1.Cl. The largest absolute Gasteiger partial charge is 0.349 e. The molecular formula is C14H30ClN3O3S. The van der Waals surface area contributed by atoms with Crippen molar-refractivity contribution in [3.63, 3.8) is 0 Å². The molecule has 0 aromatic rings. The van der Waals surface area contributed by atoms with Crippen LogP contribution in [0.25, 0.3) is 0 Å². The van der Waals surface area contributed by atoms with E-state index >= 15 is 0 Å². The van der Waals surface area contributed by atoms with Gasteiger partial charge in [0.05, 0.1) is 11.3 Å². The molecule has 132 valence electrons. The minimum atomic E-state index is -3.19. The zero-order valence-corrected chi connectivity index (χ0v) is 15.4. The number of rotatable bonds is 8. The van der Waals surface area contributed by atoms with Gasteiger partial charge in [-0.15, -0.1) is 12.4 Å². The maximum Gasteiger partial charge on any atom is 0.220 e. The summed E-state index contributed by atoms with van der Waals surface area (Å²) >= 11 is 0. The van der Waals surface area contributed by atoms with Crippen molar-refractivity contribution in [1.29, 1.82) is 0 Å². The summed E-state index contributed by atoms with van der Waals surface area (Å²) in [5, 5.41) is 2.93. The van der Waals surface area contributed by atoms with Gasteiger partial charge in [0.1, 0.15) is 0 Å². The van der Waals surface area contributed by atoms with E-state index in [0.29, 0.717) is 26.1 Å². The predicted octanol–water partition coefficient (Wildman–Crippen LogP) is 1.10. The van der Waals surface area contributed by atoms with Gasteiger partial charge >= 0.3 is 0 Å². The van der Waals surface area contributed by atoms with Gasteiger partial charge in [-0.1, -0.05) is 13.8 Å². The van der Waals surface area contributed by atoms with Crippen molar-refractivity contribution in [2.45, 2.75) is 52.0 Å². The lowest BCUT2D eigenvalue weighted by Crippen LogP contribution is -2.55. The molecular weight excluding hydrogens is 326 g/mol. The number of sulfonamides is 1. The van der Waals surface area contributed by atoms with Crippen LogP contribution in [-0.4, -0.2) is 49.6 Å². The number of hydrogen-bond donors (Lipinski definition) is 2. The van der Waals surface area contributed by atoms with Gasteiger partial charge in [0, 0.05) is 26.1 Å². The molecule has 22 heavy (non-hydrogen) atoms. The molecule has 1 aliphatic heterocycles. The van der Waals surface area contributed by atoms with Crippen LogP contribution in [-0.2, 0) is 14.8 Å². The van der Waals surface area contributed by atoms with Crippen LogP contribution in [0.3, 0.4) is 0 Å². The molecule has 3 N–H and O–H groups in total. The van der Waals surface area contributed by atoms with E-state index in [0.717, 1.165) is 12.8 Å². The molecule has 0 saturated carbocycles. The first-order valence-electron chi connectivity index (χ1n) is 7.70. The third kappa shape index (κ3) is 6.02. The second-order valence-corrected chi connectivity index (χ2v) is 8.44. The van der Waals surface area contributed by atoms with Crippen LogP contribution in [0.15, 0.2) is 0 Å². The molecule has 1 saturated heterocycles. The van der Waals surface area contributed by atoms with Gasteiger partial charge in [-0.3, -0.25) is 4.79 Å². The zero-order valence-electron chi connectivity index (χ0n) is 13.8. The summed E-state index contributed by atoms with van der Waals surface area (Å²) in [7, 11) is -3.19. The van der Waals surface area contributed by atoms with E-state index in [-0.39, 0.29) is 36.4 Å². The zero-order chi connectivity index (χ0) is 16.1. The molecule has 1 heterocycles. The molecule has 0 aliphatic carbocycles. The van der Waals surface area contributed by atoms with Crippen molar-refractivity contribution in [2.24, 2.45) is 11.7 Å². The summed E-state index contributed by atoms with van der Waals surface area (Å²) in [4.78, 5) is 12.0. The lowest BCUT2D eigenvalue weighted by Gasteiger charge is -2.33. The highest BCUT2D eigenvalue weighted by molar-refractivity contribution is 7.89. The van der Waals surface area contributed by atoms with Crippen LogP contribution in [0.1, 0.15) is 46.5 Å². The van der Waals surface area contributed by atoms with Crippen molar-refractivity contribution >= 4 is 28.3 Å². The van der Waals surface area contributed by atoms with Crippen LogP contribution in [0.5, 0.6) is 0 Å². The predicted molar refractivity (Wildman–Crippen MR) is 91.5 cm³/mol. The van der Waals surface area contributed by atoms with Crippen LogP contribution >= 0.6 is 12.4 Å².